The van der Waals surface area contributed by atoms with Crippen LogP contribution in [-0.4, -0.2) is 32.1 Å². The topological polar surface area (TPSA) is 44.8 Å². The smallest absolute Gasteiger partial charge is 0.306 e. The van der Waals surface area contributed by atoms with Crippen molar-refractivity contribution in [2.24, 2.45) is 5.92 Å². The van der Waals surface area contributed by atoms with Gasteiger partial charge in [-0.25, -0.2) is 0 Å². The third-order valence-corrected chi connectivity index (χ3v) is 2.17. The van der Waals surface area contributed by atoms with E-state index in [4.69, 9.17) is 14.2 Å². The first-order chi connectivity index (χ1) is 5.31. The molecule has 11 heavy (non-hydrogen) atoms. The van der Waals surface area contributed by atoms with Gasteiger partial charge < -0.3 is 14.2 Å². The summed E-state index contributed by atoms with van der Waals surface area (Å²) in [7, 11) is 1.58. The Hall–Kier alpha value is -0.610. The van der Waals surface area contributed by atoms with E-state index in [0.29, 0.717) is 13.0 Å². The lowest BCUT2D eigenvalue weighted by Gasteiger charge is -2.11. The molecule has 2 heterocycles. The van der Waals surface area contributed by atoms with Gasteiger partial charge in [0.15, 0.2) is 6.29 Å². The van der Waals surface area contributed by atoms with Gasteiger partial charge in [0.25, 0.3) is 0 Å². The second-order valence-corrected chi connectivity index (χ2v) is 2.83. The number of hydrogen-bond acceptors (Lipinski definition) is 4. The molecule has 2 rings (SSSR count). The standard InChI is InChI=1S/C7H10O4/c1-9-7-4-2-6(8)11-5(4)3-10-7/h4-5,7H,2-3H2,1H3/t4-,5?,7-/m0/s1. The van der Waals surface area contributed by atoms with Crippen LogP contribution < -0.4 is 0 Å². The number of carbonyl (C=O) groups excluding carboxylic acids is 1. The highest BCUT2D eigenvalue weighted by Gasteiger charge is 2.46. The molecule has 0 aromatic heterocycles. The molecule has 4 nitrogen and oxygen atoms in total. The fourth-order valence-corrected chi connectivity index (χ4v) is 1.61. The molecule has 0 spiro atoms. The minimum Gasteiger partial charge on any atom is -0.459 e. The molecular weight excluding hydrogens is 148 g/mol. The summed E-state index contributed by atoms with van der Waals surface area (Å²) in [5.41, 5.74) is 0. The second kappa shape index (κ2) is 2.46. The molecular formula is C7H10O4. The van der Waals surface area contributed by atoms with Crippen molar-refractivity contribution in [3.63, 3.8) is 0 Å². The number of ether oxygens (including phenoxy) is 3. The van der Waals surface area contributed by atoms with Crippen molar-refractivity contribution in [3.8, 4) is 0 Å². The van der Waals surface area contributed by atoms with E-state index >= 15 is 0 Å². The predicted octanol–water partition coefficient (Wildman–Crippen LogP) is -0.0792. The molecule has 0 saturated carbocycles. The largest absolute Gasteiger partial charge is 0.459 e. The molecule has 0 radical (unpaired) electrons. The van der Waals surface area contributed by atoms with Crippen LogP contribution in [0, 0.1) is 5.92 Å². The van der Waals surface area contributed by atoms with Gasteiger partial charge in [-0.05, 0) is 0 Å². The number of hydrogen-bond donors (Lipinski definition) is 0. The number of rotatable bonds is 1. The van der Waals surface area contributed by atoms with Crippen molar-refractivity contribution in [1.29, 1.82) is 0 Å². The average molecular weight is 158 g/mol. The number of esters is 1. The Morgan fingerprint density at radius 2 is 2.45 bits per heavy atom. The van der Waals surface area contributed by atoms with Gasteiger partial charge in [-0.2, -0.15) is 0 Å². The number of methoxy groups -OCH3 is 1. The molecule has 2 aliphatic heterocycles. The SMILES string of the molecule is CO[C@H]1OCC2OC(=O)C[C@@H]21. The maximum absolute atomic E-state index is 10.8. The lowest BCUT2D eigenvalue weighted by atomic mass is 10.0. The Morgan fingerprint density at radius 1 is 1.64 bits per heavy atom. The summed E-state index contributed by atoms with van der Waals surface area (Å²) in [4.78, 5) is 10.8. The normalized spacial score (nSPS) is 42.3. The van der Waals surface area contributed by atoms with E-state index in [2.05, 4.69) is 0 Å². The minimum atomic E-state index is -0.244. The van der Waals surface area contributed by atoms with Crippen LogP contribution in [0.25, 0.3) is 0 Å². The Balaban J connectivity index is 2.07. The monoisotopic (exact) mass is 158 g/mol. The van der Waals surface area contributed by atoms with Crippen LogP contribution in [0.3, 0.4) is 0 Å². The average Bonchev–Trinajstić information content (AvgIpc) is 2.45. The molecule has 0 amide bonds. The van der Waals surface area contributed by atoms with Crippen LogP contribution in [0.15, 0.2) is 0 Å². The lowest BCUT2D eigenvalue weighted by Crippen LogP contribution is -2.20. The highest BCUT2D eigenvalue weighted by Crippen LogP contribution is 2.33. The molecule has 1 unspecified atom stereocenters. The van der Waals surface area contributed by atoms with Gasteiger partial charge in [-0.15, -0.1) is 0 Å². The van der Waals surface area contributed by atoms with Crippen LogP contribution >= 0.6 is 0 Å². The quantitative estimate of drug-likeness (QED) is 0.501. The highest BCUT2D eigenvalue weighted by atomic mass is 16.7. The summed E-state index contributed by atoms with van der Waals surface area (Å²) in [6, 6.07) is 0. The minimum absolute atomic E-state index is 0.0625. The molecule has 0 N–H and O–H groups in total. The van der Waals surface area contributed by atoms with E-state index in [9.17, 15) is 4.79 Å². The van der Waals surface area contributed by atoms with E-state index in [1.54, 1.807) is 7.11 Å². The highest BCUT2D eigenvalue weighted by molar-refractivity contribution is 5.72. The zero-order valence-electron chi connectivity index (χ0n) is 6.28. The fourth-order valence-electron chi connectivity index (χ4n) is 1.61. The summed E-state index contributed by atoms with van der Waals surface area (Å²) in [6.07, 6.45) is 0.127. The maximum atomic E-state index is 10.8. The second-order valence-electron chi connectivity index (χ2n) is 2.83. The molecule has 2 saturated heterocycles. The van der Waals surface area contributed by atoms with Crippen LogP contribution in [0.1, 0.15) is 6.42 Å². The van der Waals surface area contributed by atoms with Gasteiger partial charge in [0, 0.05) is 7.11 Å². The van der Waals surface area contributed by atoms with Crippen molar-refractivity contribution in [3.05, 3.63) is 0 Å². The van der Waals surface area contributed by atoms with E-state index in [-0.39, 0.29) is 24.3 Å². The summed E-state index contributed by atoms with van der Waals surface area (Å²) in [5.74, 6) is -0.0159. The first-order valence-corrected chi connectivity index (χ1v) is 3.65. The van der Waals surface area contributed by atoms with Crippen molar-refractivity contribution >= 4 is 5.97 Å². The Bertz CT molecular complexity index is 179. The van der Waals surface area contributed by atoms with Gasteiger partial charge in [0.05, 0.1) is 18.9 Å². The summed E-state index contributed by atoms with van der Waals surface area (Å²) in [5, 5.41) is 0. The van der Waals surface area contributed by atoms with Gasteiger partial charge in [-0.3, -0.25) is 4.79 Å². The van der Waals surface area contributed by atoms with Gasteiger partial charge >= 0.3 is 5.97 Å². The Morgan fingerprint density at radius 3 is 3.18 bits per heavy atom. The van der Waals surface area contributed by atoms with E-state index in [0.717, 1.165) is 0 Å². The first-order valence-electron chi connectivity index (χ1n) is 3.65. The lowest BCUT2D eigenvalue weighted by molar-refractivity contribution is -0.146. The molecule has 0 aromatic rings. The third-order valence-electron chi connectivity index (χ3n) is 2.17. The van der Waals surface area contributed by atoms with Gasteiger partial charge in [0.1, 0.15) is 6.10 Å². The molecule has 4 heteroatoms. The van der Waals surface area contributed by atoms with E-state index in [1.807, 2.05) is 0 Å². The number of fused-ring (bicyclic) bond motifs is 1. The predicted molar refractivity (Wildman–Crippen MR) is 34.7 cm³/mol. The van der Waals surface area contributed by atoms with Crippen LogP contribution in [0.2, 0.25) is 0 Å². The van der Waals surface area contributed by atoms with Crippen molar-refractivity contribution < 1.29 is 19.0 Å². The molecule has 0 aliphatic carbocycles. The van der Waals surface area contributed by atoms with Gasteiger partial charge in [-0.1, -0.05) is 0 Å². The van der Waals surface area contributed by atoms with Crippen molar-refractivity contribution in [1.82, 2.24) is 0 Å². The van der Waals surface area contributed by atoms with Gasteiger partial charge in [0.2, 0.25) is 0 Å². The maximum Gasteiger partial charge on any atom is 0.306 e. The van der Waals surface area contributed by atoms with Crippen LogP contribution in [-0.2, 0) is 19.0 Å². The van der Waals surface area contributed by atoms with Crippen molar-refractivity contribution in [2.75, 3.05) is 13.7 Å². The molecule has 3 atom stereocenters. The summed E-state index contributed by atoms with van der Waals surface area (Å²) >= 11 is 0. The zero-order chi connectivity index (χ0) is 7.84. The molecule has 0 bridgehead atoms. The number of carbonyl (C=O) groups is 1. The Labute approximate surface area is 64.4 Å². The van der Waals surface area contributed by atoms with E-state index in [1.165, 1.54) is 0 Å². The molecule has 2 fully saturated rings. The zero-order valence-corrected chi connectivity index (χ0v) is 6.28. The molecule has 62 valence electrons. The summed E-state index contributed by atoms with van der Waals surface area (Å²) in [6.45, 7) is 0.481. The summed E-state index contributed by atoms with van der Waals surface area (Å²) < 4.78 is 15.2. The third kappa shape index (κ3) is 1.02. The van der Waals surface area contributed by atoms with E-state index < -0.39 is 0 Å². The van der Waals surface area contributed by atoms with Crippen molar-refractivity contribution in [2.45, 2.75) is 18.8 Å². The van der Waals surface area contributed by atoms with Crippen LogP contribution in [0.5, 0.6) is 0 Å². The molecule has 0 aromatic carbocycles. The van der Waals surface area contributed by atoms with Crippen LogP contribution in [0.4, 0.5) is 0 Å². The molecule has 2 aliphatic rings. The first kappa shape index (κ1) is 7.06. The fraction of sp³-hybridized carbons (Fsp3) is 0.857. The Kier molecular flexibility index (Phi) is 1.58.